The summed E-state index contributed by atoms with van der Waals surface area (Å²) in [7, 11) is 0. The molecule has 0 bridgehead atoms. The molecule has 2 nitrogen and oxygen atoms in total. The quantitative estimate of drug-likeness (QED) is 0.556. The molecule has 0 amide bonds. The van der Waals surface area contributed by atoms with Gasteiger partial charge in [0.15, 0.2) is 0 Å². The number of hydrogen-bond acceptors (Lipinski definition) is 2. The van der Waals surface area contributed by atoms with Crippen molar-refractivity contribution in [3.8, 4) is 17.2 Å². The van der Waals surface area contributed by atoms with E-state index in [-0.39, 0.29) is 0 Å². The maximum atomic E-state index is 10.7. The predicted octanol–water partition coefficient (Wildman–Crippen LogP) is 5.52. The molecule has 1 heterocycles. The molecule has 1 fully saturated rings. The van der Waals surface area contributed by atoms with E-state index in [4.69, 9.17) is 16.3 Å². The molecule has 3 aromatic carbocycles. The van der Waals surface area contributed by atoms with Gasteiger partial charge in [-0.15, -0.1) is 0 Å². The summed E-state index contributed by atoms with van der Waals surface area (Å²) in [5.41, 5.74) is 6.85. The highest BCUT2D eigenvalue weighted by Gasteiger charge is 2.71. The molecule has 2 aliphatic carbocycles. The average Bonchev–Trinajstić information content (AvgIpc) is 3.10. The van der Waals surface area contributed by atoms with Crippen molar-refractivity contribution in [2.75, 3.05) is 13.2 Å². The molecule has 2 atom stereocenters. The molecule has 6 rings (SSSR count). The fourth-order valence-corrected chi connectivity index (χ4v) is 5.80. The first-order chi connectivity index (χ1) is 13.7. The third kappa shape index (κ3) is 1.60. The number of benzene rings is 3. The van der Waals surface area contributed by atoms with Crippen LogP contribution in [0.15, 0.2) is 78.4 Å². The third-order valence-electron chi connectivity index (χ3n) is 6.71. The van der Waals surface area contributed by atoms with Crippen molar-refractivity contribution < 1.29 is 4.74 Å². The summed E-state index contributed by atoms with van der Waals surface area (Å²) >= 11 is 6.14. The van der Waals surface area contributed by atoms with Crippen molar-refractivity contribution in [2.24, 2.45) is 0 Å². The molecule has 3 heteroatoms. The molecule has 0 radical (unpaired) electrons. The second-order valence-electron chi connectivity index (χ2n) is 7.71. The number of nitrogens with zero attached hydrogens (tertiary/aromatic N) is 1. The van der Waals surface area contributed by atoms with E-state index in [1.54, 1.807) is 0 Å². The van der Waals surface area contributed by atoms with Crippen LogP contribution in [-0.2, 0) is 15.6 Å². The van der Waals surface area contributed by atoms with Gasteiger partial charge < -0.3 is 4.74 Å². The number of hydrogen-bond donors (Lipinski definition) is 0. The lowest BCUT2D eigenvalue weighted by molar-refractivity contribution is 0.165. The summed E-state index contributed by atoms with van der Waals surface area (Å²) in [6.07, 6.45) is 0. The van der Waals surface area contributed by atoms with Crippen LogP contribution in [-0.4, -0.2) is 13.2 Å². The first kappa shape index (κ1) is 16.1. The Labute approximate surface area is 168 Å². The van der Waals surface area contributed by atoms with E-state index in [1.165, 1.54) is 16.7 Å². The fraction of sp³-hybridized carbons (Fsp3) is 0.160. The third-order valence-corrected chi connectivity index (χ3v) is 6.96. The van der Waals surface area contributed by atoms with Crippen molar-refractivity contribution in [3.05, 3.63) is 100 Å². The van der Waals surface area contributed by atoms with Crippen LogP contribution in [0.25, 0.3) is 16.7 Å². The highest BCUT2D eigenvalue weighted by molar-refractivity contribution is 6.30. The zero-order valence-electron chi connectivity index (χ0n) is 15.1. The second kappa shape index (κ2) is 5.35. The summed E-state index contributed by atoms with van der Waals surface area (Å²) in [6.45, 7) is 1.11. The van der Waals surface area contributed by atoms with Gasteiger partial charge in [0.25, 0.3) is 0 Å². The highest BCUT2D eigenvalue weighted by atomic mass is 35.5. The summed E-state index contributed by atoms with van der Waals surface area (Å²) in [4.78, 5) is 0. The summed E-state index contributed by atoms with van der Waals surface area (Å²) in [5.74, 6) is 0. The first-order valence-corrected chi connectivity index (χ1v) is 9.80. The Hall–Kier alpha value is -2.86. The van der Waals surface area contributed by atoms with Crippen molar-refractivity contribution in [1.82, 2.24) is 0 Å². The van der Waals surface area contributed by atoms with E-state index in [2.05, 4.69) is 48.5 Å². The van der Waals surface area contributed by atoms with Crippen LogP contribution in [0.2, 0.25) is 5.02 Å². The van der Waals surface area contributed by atoms with E-state index in [1.807, 2.05) is 30.3 Å². The number of halogens is 1. The lowest BCUT2D eigenvalue weighted by atomic mass is 9.40. The van der Waals surface area contributed by atoms with Crippen LogP contribution in [0, 0.1) is 11.3 Å². The predicted molar refractivity (Wildman–Crippen MR) is 110 cm³/mol. The van der Waals surface area contributed by atoms with Crippen LogP contribution in [0.1, 0.15) is 16.7 Å². The van der Waals surface area contributed by atoms with Crippen molar-refractivity contribution in [3.63, 3.8) is 0 Å². The van der Waals surface area contributed by atoms with Gasteiger partial charge in [-0.1, -0.05) is 72.3 Å². The largest absolute Gasteiger partial charge is 0.376 e. The molecule has 3 aromatic rings. The average molecular weight is 382 g/mol. The number of allylic oxidation sites excluding steroid dienone is 1. The normalized spacial score (nSPS) is 26.4. The zero-order valence-corrected chi connectivity index (χ0v) is 15.8. The van der Waals surface area contributed by atoms with Gasteiger partial charge in [-0.25, -0.2) is 0 Å². The lowest BCUT2D eigenvalue weighted by Crippen LogP contribution is -2.60. The van der Waals surface area contributed by atoms with Gasteiger partial charge >= 0.3 is 0 Å². The number of fused-ring (bicyclic) bond motifs is 4. The molecule has 0 saturated carbocycles. The van der Waals surface area contributed by atoms with Crippen molar-refractivity contribution in [2.45, 2.75) is 10.8 Å². The van der Waals surface area contributed by atoms with Crippen molar-refractivity contribution in [1.29, 1.82) is 5.26 Å². The Morgan fingerprint density at radius 3 is 2.21 bits per heavy atom. The Morgan fingerprint density at radius 2 is 1.50 bits per heavy atom. The molecule has 0 N–H and O–H groups in total. The molecule has 0 aromatic heterocycles. The standard InChI is InChI=1S/C25H16ClNO/c26-17-11-9-16(10-12-17)23-22-13-28-15-25(22)21-8-4-2-6-19(21)18-5-1-3-7-20(18)24(23,25)14-27/h1-12H,13,15H2. The molecule has 1 aliphatic heterocycles. The molecular formula is C25H16ClNO. The molecule has 134 valence electrons. The van der Waals surface area contributed by atoms with Gasteiger partial charge in [-0.05, 0) is 51.1 Å². The highest BCUT2D eigenvalue weighted by Crippen LogP contribution is 2.71. The minimum atomic E-state index is -0.752. The number of nitriles is 1. The second-order valence-corrected chi connectivity index (χ2v) is 8.15. The van der Waals surface area contributed by atoms with Gasteiger partial charge in [-0.2, -0.15) is 5.26 Å². The molecular weight excluding hydrogens is 366 g/mol. The Balaban J connectivity index is 1.77. The first-order valence-electron chi connectivity index (χ1n) is 9.42. The zero-order chi connectivity index (χ0) is 18.9. The molecule has 3 aliphatic rings. The summed E-state index contributed by atoms with van der Waals surface area (Å²) < 4.78 is 6.03. The fourth-order valence-electron chi connectivity index (χ4n) is 5.67. The Kier molecular flexibility index (Phi) is 3.08. The van der Waals surface area contributed by atoms with Crippen LogP contribution in [0.3, 0.4) is 0 Å². The Morgan fingerprint density at radius 1 is 0.857 bits per heavy atom. The van der Waals surface area contributed by atoms with E-state index in [0.29, 0.717) is 18.2 Å². The van der Waals surface area contributed by atoms with E-state index in [0.717, 1.165) is 22.3 Å². The van der Waals surface area contributed by atoms with Gasteiger partial charge in [0, 0.05) is 5.02 Å². The Bertz CT molecular complexity index is 1220. The van der Waals surface area contributed by atoms with E-state index >= 15 is 0 Å². The van der Waals surface area contributed by atoms with Crippen LogP contribution >= 0.6 is 11.6 Å². The minimum absolute atomic E-state index is 0.415. The maximum Gasteiger partial charge on any atom is 0.124 e. The summed E-state index contributed by atoms with van der Waals surface area (Å²) in [6, 6.07) is 27.4. The lowest BCUT2D eigenvalue weighted by Gasteiger charge is -2.58. The van der Waals surface area contributed by atoms with Crippen LogP contribution < -0.4 is 0 Å². The van der Waals surface area contributed by atoms with Crippen molar-refractivity contribution >= 4 is 17.2 Å². The van der Waals surface area contributed by atoms with Crippen LogP contribution in [0.5, 0.6) is 0 Å². The number of ether oxygens (including phenoxy) is 1. The van der Waals surface area contributed by atoms with E-state index < -0.39 is 10.8 Å². The van der Waals surface area contributed by atoms with Gasteiger partial charge in [0.2, 0.25) is 0 Å². The number of rotatable bonds is 1. The van der Waals surface area contributed by atoms with Gasteiger partial charge in [-0.3, -0.25) is 0 Å². The van der Waals surface area contributed by atoms with Gasteiger partial charge in [0.05, 0.1) is 24.7 Å². The van der Waals surface area contributed by atoms with Crippen LogP contribution in [0.4, 0.5) is 0 Å². The molecule has 1 spiro atoms. The topological polar surface area (TPSA) is 33.0 Å². The van der Waals surface area contributed by atoms with Gasteiger partial charge in [0.1, 0.15) is 5.41 Å². The maximum absolute atomic E-state index is 10.7. The molecule has 2 unspecified atom stereocenters. The monoisotopic (exact) mass is 381 g/mol. The summed E-state index contributed by atoms with van der Waals surface area (Å²) in [5, 5.41) is 11.4. The smallest absolute Gasteiger partial charge is 0.124 e. The SMILES string of the molecule is N#CC12C(c3ccc(Cl)cc3)=C3COCC31c1ccccc1-c1ccccc12. The molecule has 28 heavy (non-hydrogen) atoms. The molecule has 1 saturated heterocycles. The minimum Gasteiger partial charge on any atom is -0.376 e. The van der Waals surface area contributed by atoms with E-state index in [9.17, 15) is 5.26 Å².